The molecule has 7 nitrogen and oxygen atoms in total. The van der Waals surface area contributed by atoms with Crippen LogP contribution in [0.5, 0.6) is 0 Å². The van der Waals surface area contributed by atoms with Crippen LogP contribution in [0.4, 0.5) is 4.39 Å². The van der Waals surface area contributed by atoms with Crippen molar-refractivity contribution in [1.29, 1.82) is 0 Å². The van der Waals surface area contributed by atoms with Gasteiger partial charge in [0, 0.05) is 38.8 Å². The number of nitrogens with two attached hydrogens (primary N) is 1. The minimum Gasteiger partial charge on any atom is -0.379 e. The van der Waals surface area contributed by atoms with Crippen molar-refractivity contribution in [2.45, 2.75) is 12.6 Å². The first-order valence-corrected chi connectivity index (χ1v) is 9.97. The molecule has 1 aliphatic rings. The number of benzene rings is 2. The van der Waals surface area contributed by atoms with Crippen molar-refractivity contribution in [3.8, 4) is 0 Å². The van der Waals surface area contributed by atoms with Gasteiger partial charge in [0.15, 0.2) is 5.96 Å². The maximum absolute atomic E-state index is 13.4. The molecule has 1 atom stereocenters. The van der Waals surface area contributed by atoms with Crippen LogP contribution in [0.1, 0.15) is 27.5 Å². The Bertz CT molecular complexity index is 866. The van der Waals surface area contributed by atoms with Gasteiger partial charge in [-0.3, -0.25) is 14.7 Å². The molecule has 2 aromatic rings. The van der Waals surface area contributed by atoms with E-state index in [1.807, 2.05) is 18.2 Å². The third-order valence-electron chi connectivity index (χ3n) is 5.10. The molecule has 1 fully saturated rings. The van der Waals surface area contributed by atoms with E-state index < -0.39 is 5.91 Å². The summed E-state index contributed by atoms with van der Waals surface area (Å²) in [5.74, 6) is -0.0602. The number of aliphatic imine (C=N–C) groups is 1. The zero-order valence-corrected chi connectivity index (χ0v) is 17.1. The van der Waals surface area contributed by atoms with Crippen LogP contribution in [0.2, 0.25) is 0 Å². The average Bonchev–Trinajstić information content (AvgIpc) is 2.78. The maximum atomic E-state index is 13.4. The number of ether oxygens (including phenoxy) is 1. The van der Waals surface area contributed by atoms with Crippen LogP contribution in [0, 0.1) is 5.82 Å². The molecule has 1 saturated heterocycles. The molecule has 0 radical (unpaired) electrons. The van der Waals surface area contributed by atoms with Gasteiger partial charge in [-0.05, 0) is 35.4 Å². The highest BCUT2D eigenvalue weighted by Crippen LogP contribution is 2.21. The summed E-state index contributed by atoms with van der Waals surface area (Å²) >= 11 is 0. The molecule has 1 heterocycles. The topological polar surface area (TPSA) is 92.0 Å². The van der Waals surface area contributed by atoms with Gasteiger partial charge in [0.25, 0.3) is 0 Å². The van der Waals surface area contributed by atoms with E-state index in [0.29, 0.717) is 37.8 Å². The average molecular weight is 413 g/mol. The van der Waals surface area contributed by atoms with E-state index in [2.05, 4.69) is 20.5 Å². The first kappa shape index (κ1) is 21.7. The predicted molar refractivity (Wildman–Crippen MR) is 115 cm³/mol. The lowest BCUT2D eigenvalue weighted by Crippen LogP contribution is -2.46. The molecule has 0 saturated carbocycles. The van der Waals surface area contributed by atoms with Crippen LogP contribution in [0.15, 0.2) is 53.5 Å². The van der Waals surface area contributed by atoms with Gasteiger partial charge < -0.3 is 21.1 Å². The van der Waals surface area contributed by atoms with Crippen molar-refractivity contribution in [1.82, 2.24) is 15.5 Å². The molecule has 30 heavy (non-hydrogen) atoms. The van der Waals surface area contributed by atoms with Crippen molar-refractivity contribution in [3.05, 3.63) is 71.0 Å². The van der Waals surface area contributed by atoms with Crippen molar-refractivity contribution >= 4 is 11.9 Å². The lowest BCUT2D eigenvalue weighted by Gasteiger charge is -2.35. The molecule has 0 bridgehead atoms. The van der Waals surface area contributed by atoms with Gasteiger partial charge in [-0.15, -0.1) is 0 Å². The molecular weight excluding hydrogens is 385 g/mol. The number of amides is 1. The van der Waals surface area contributed by atoms with Gasteiger partial charge in [0.1, 0.15) is 5.82 Å². The van der Waals surface area contributed by atoms with Crippen LogP contribution in [-0.2, 0) is 11.3 Å². The highest BCUT2D eigenvalue weighted by Gasteiger charge is 2.23. The zero-order valence-electron chi connectivity index (χ0n) is 17.1. The molecule has 3 rings (SSSR count). The minimum atomic E-state index is -0.452. The fraction of sp³-hybridized carbons (Fsp3) is 0.364. The summed E-state index contributed by atoms with van der Waals surface area (Å²) in [6.45, 7) is 4.10. The molecule has 0 spiro atoms. The summed E-state index contributed by atoms with van der Waals surface area (Å²) in [4.78, 5) is 18.0. The Hall–Kier alpha value is -2.97. The number of halogens is 1. The van der Waals surface area contributed by atoms with E-state index in [4.69, 9.17) is 10.5 Å². The number of carbonyl (C=O) groups excluding carboxylic acids is 1. The Labute approximate surface area is 176 Å². The summed E-state index contributed by atoms with van der Waals surface area (Å²) in [5, 5.41) is 6.61. The minimum absolute atomic E-state index is 0.0613. The number of guanidine groups is 1. The van der Waals surface area contributed by atoms with Crippen LogP contribution in [0.25, 0.3) is 0 Å². The monoisotopic (exact) mass is 413 g/mol. The summed E-state index contributed by atoms with van der Waals surface area (Å²) in [7, 11) is 1.71. The van der Waals surface area contributed by atoms with Crippen LogP contribution < -0.4 is 16.4 Å². The standard InChI is InChI=1S/C22H28FN5O2/c1-25-22(26-14-16-3-2-4-18(13-16)21(24)29)27-15-20(28-9-11-30-12-10-28)17-5-7-19(23)8-6-17/h2-8,13,20H,9-12,14-15H2,1H3,(H2,24,29)(H2,25,26,27). The highest BCUT2D eigenvalue weighted by molar-refractivity contribution is 5.92. The number of hydrogen-bond donors (Lipinski definition) is 3. The molecule has 1 aliphatic heterocycles. The normalized spacial score (nSPS) is 16.1. The van der Waals surface area contributed by atoms with Crippen molar-refractivity contribution in [2.24, 2.45) is 10.7 Å². The molecule has 1 amide bonds. The smallest absolute Gasteiger partial charge is 0.248 e. The van der Waals surface area contributed by atoms with E-state index in [-0.39, 0.29) is 11.9 Å². The van der Waals surface area contributed by atoms with E-state index >= 15 is 0 Å². The molecule has 1 unspecified atom stereocenters. The number of morpholine rings is 1. The molecule has 0 aromatic heterocycles. The summed E-state index contributed by atoms with van der Waals surface area (Å²) in [6, 6.07) is 13.9. The quantitative estimate of drug-likeness (QED) is 0.474. The van der Waals surface area contributed by atoms with Crippen molar-refractivity contribution < 1.29 is 13.9 Å². The van der Waals surface area contributed by atoms with Gasteiger partial charge in [0.2, 0.25) is 5.91 Å². The van der Waals surface area contributed by atoms with E-state index in [0.717, 1.165) is 24.2 Å². The van der Waals surface area contributed by atoms with Gasteiger partial charge in [-0.25, -0.2) is 4.39 Å². The first-order chi connectivity index (χ1) is 14.6. The van der Waals surface area contributed by atoms with Gasteiger partial charge >= 0.3 is 0 Å². The molecule has 4 N–H and O–H groups in total. The molecule has 2 aromatic carbocycles. The second-order valence-corrected chi connectivity index (χ2v) is 7.09. The number of rotatable bonds is 7. The lowest BCUT2D eigenvalue weighted by molar-refractivity contribution is 0.0170. The summed E-state index contributed by atoms with van der Waals surface area (Å²) < 4.78 is 18.9. The predicted octanol–water partition coefficient (Wildman–Crippen LogP) is 1.66. The molecule has 0 aliphatic carbocycles. The third kappa shape index (κ3) is 6.01. The second kappa shape index (κ2) is 10.7. The maximum Gasteiger partial charge on any atom is 0.248 e. The van der Waals surface area contributed by atoms with E-state index in [1.165, 1.54) is 12.1 Å². The number of nitrogens with zero attached hydrogens (tertiary/aromatic N) is 2. The molecule has 160 valence electrons. The Balaban J connectivity index is 1.63. The van der Waals surface area contributed by atoms with E-state index in [1.54, 1.807) is 25.2 Å². The Morgan fingerprint density at radius 1 is 1.20 bits per heavy atom. The van der Waals surface area contributed by atoms with Crippen LogP contribution >= 0.6 is 0 Å². The molecule has 8 heteroatoms. The highest BCUT2D eigenvalue weighted by atomic mass is 19.1. The summed E-state index contributed by atoms with van der Waals surface area (Å²) in [5.41, 5.74) is 7.79. The Morgan fingerprint density at radius 3 is 2.60 bits per heavy atom. The van der Waals surface area contributed by atoms with Gasteiger partial charge in [-0.2, -0.15) is 0 Å². The van der Waals surface area contributed by atoms with Gasteiger partial charge in [-0.1, -0.05) is 24.3 Å². The fourth-order valence-corrected chi connectivity index (χ4v) is 3.47. The number of nitrogens with one attached hydrogen (secondary N) is 2. The van der Waals surface area contributed by atoms with Crippen LogP contribution in [0.3, 0.4) is 0 Å². The molecular formula is C22H28FN5O2. The van der Waals surface area contributed by atoms with Crippen LogP contribution in [-0.4, -0.2) is 56.7 Å². The van der Waals surface area contributed by atoms with Crippen molar-refractivity contribution in [3.63, 3.8) is 0 Å². The Kier molecular flexibility index (Phi) is 7.75. The lowest BCUT2D eigenvalue weighted by atomic mass is 10.0. The van der Waals surface area contributed by atoms with E-state index in [9.17, 15) is 9.18 Å². The number of carbonyl (C=O) groups is 1. The fourth-order valence-electron chi connectivity index (χ4n) is 3.47. The largest absolute Gasteiger partial charge is 0.379 e. The van der Waals surface area contributed by atoms with Crippen molar-refractivity contribution in [2.75, 3.05) is 39.9 Å². The number of hydrogen-bond acceptors (Lipinski definition) is 4. The SMILES string of the molecule is CN=C(NCc1cccc(C(N)=O)c1)NCC(c1ccc(F)cc1)N1CCOCC1. The number of primary amides is 1. The second-order valence-electron chi connectivity index (χ2n) is 7.09. The van der Waals surface area contributed by atoms with Gasteiger partial charge in [0.05, 0.1) is 19.3 Å². The zero-order chi connectivity index (χ0) is 21.3. The third-order valence-corrected chi connectivity index (χ3v) is 5.10. The first-order valence-electron chi connectivity index (χ1n) is 9.97. The summed E-state index contributed by atoms with van der Waals surface area (Å²) in [6.07, 6.45) is 0. The Morgan fingerprint density at radius 2 is 1.93 bits per heavy atom.